The van der Waals surface area contributed by atoms with Crippen molar-refractivity contribution in [1.29, 1.82) is 0 Å². The summed E-state index contributed by atoms with van der Waals surface area (Å²) in [7, 11) is 0. The van der Waals surface area contributed by atoms with Gasteiger partial charge in [0.25, 0.3) is 11.8 Å². The van der Waals surface area contributed by atoms with Crippen LogP contribution < -0.4 is 21.7 Å². The van der Waals surface area contributed by atoms with Gasteiger partial charge >= 0.3 is 6.09 Å². The predicted molar refractivity (Wildman–Crippen MR) is 252 cm³/mol. The monoisotopic (exact) mass is 875 g/mol. The van der Waals surface area contributed by atoms with Gasteiger partial charge in [-0.05, 0) is 158 Å². The topological polar surface area (TPSA) is 147 Å². The number of ether oxygens (including phenoxy) is 3. The van der Waals surface area contributed by atoms with Gasteiger partial charge in [0.2, 0.25) is 0 Å². The summed E-state index contributed by atoms with van der Waals surface area (Å²) in [6, 6.07) is 15.6. The van der Waals surface area contributed by atoms with Crippen molar-refractivity contribution >= 4 is 17.9 Å². The average molecular weight is 875 g/mol. The Bertz CT molecular complexity index is 1650. The zero-order chi connectivity index (χ0) is 45.0. The highest BCUT2D eigenvalue weighted by atomic mass is 16.6. The molecule has 3 amide bonds. The minimum Gasteiger partial charge on any atom is -0.444 e. The van der Waals surface area contributed by atoms with E-state index in [4.69, 9.17) is 19.9 Å². The molecule has 5 N–H and O–H groups in total. The highest BCUT2D eigenvalue weighted by Crippen LogP contribution is 2.29. The quantitative estimate of drug-likeness (QED) is 0.124. The molecule has 2 aliphatic carbocycles. The number of alkyl carbamates (subject to hydrolysis) is 1. The molecule has 0 aromatic heterocycles. The summed E-state index contributed by atoms with van der Waals surface area (Å²) in [5.41, 5.74) is 8.50. The first-order valence-electron chi connectivity index (χ1n) is 24.5. The van der Waals surface area contributed by atoms with Gasteiger partial charge in [-0.2, -0.15) is 0 Å². The van der Waals surface area contributed by atoms with Crippen molar-refractivity contribution in [1.82, 2.24) is 25.8 Å². The Morgan fingerprint density at radius 2 is 1.08 bits per heavy atom. The molecule has 63 heavy (non-hydrogen) atoms. The Morgan fingerprint density at radius 1 is 0.635 bits per heavy atom. The number of nitrogens with one attached hydrogen (secondary N) is 3. The first-order valence-corrected chi connectivity index (χ1v) is 24.5. The number of nitrogens with zero attached hydrogens (tertiary/aromatic N) is 2. The summed E-state index contributed by atoms with van der Waals surface area (Å²) >= 11 is 0. The van der Waals surface area contributed by atoms with E-state index in [9.17, 15) is 14.4 Å². The van der Waals surface area contributed by atoms with Gasteiger partial charge in [0.15, 0.2) is 0 Å². The summed E-state index contributed by atoms with van der Waals surface area (Å²) < 4.78 is 16.6. The van der Waals surface area contributed by atoms with Crippen molar-refractivity contribution in [3.63, 3.8) is 0 Å². The van der Waals surface area contributed by atoms with E-state index in [1.165, 1.54) is 70.8 Å². The van der Waals surface area contributed by atoms with Crippen LogP contribution in [0.15, 0.2) is 48.5 Å². The maximum Gasteiger partial charge on any atom is 0.407 e. The van der Waals surface area contributed by atoms with Crippen molar-refractivity contribution < 1.29 is 28.6 Å². The molecule has 6 atom stereocenters. The van der Waals surface area contributed by atoms with E-state index in [0.29, 0.717) is 42.3 Å². The van der Waals surface area contributed by atoms with Crippen LogP contribution in [0.4, 0.5) is 4.79 Å². The van der Waals surface area contributed by atoms with E-state index in [2.05, 4.69) is 39.6 Å². The lowest BCUT2D eigenvalue weighted by atomic mass is 9.83. The maximum absolute atomic E-state index is 13.0. The third-order valence-electron chi connectivity index (χ3n) is 13.3. The van der Waals surface area contributed by atoms with E-state index in [1.54, 1.807) is 0 Å². The van der Waals surface area contributed by atoms with Crippen LogP contribution in [0.5, 0.6) is 0 Å². The number of hydrogen-bond acceptors (Lipinski definition) is 9. The molecule has 12 nitrogen and oxygen atoms in total. The molecule has 4 aliphatic rings. The summed E-state index contributed by atoms with van der Waals surface area (Å²) in [6.45, 7) is 20.6. The lowest BCUT2D eigenvalue weighted by molar-refractivity contribution is 0.0522. The number of piperidine rings is 2. The van der Waals surface area contributed by atoms with Gasteiger partial charge in [-0.15, -0.1) is 0 Å². The normalized spacial score (nSPS) is 24.7. The minimum atomic E-state index is -0.526. The van der Waals surface area contributed by atoms with Crippen molar-refractivity contribution in [2.75, 3.05) is 65.7 Å². The molecular weight excluding hydrogens is 793 g/mol. The molecule has 0 bridgehead atoms. The van der Waals surface area contributed by atoms with Gasteiger partial charge in [0.1, 0.15) is 5.60 Å². The van der Waals surface area contributed by atoms with Gasteiger partial charge < -0.3 is 45.7 Å². The Labute approximate surface area is 379 Å². The molecule has 12 heteroatoms. The first-order chi connectivity index (χ1) is 30.4. The fraction of sp³-hybridized carbons (Fsp3) is 0.706. The average Bonchev–Trinajstić information content (AvgIpc) is 3.28. The van der Waals surface area contributed by atoms with E-state index in [1.807, 2.05) is 69.3 Å². The Kier molecular flexibility index (Phi) is 21.2. The molecule has 2 saturated heterocycles. The third kappa shape index (κ3) is 17.7. The number of benzene rings is 2. The Hall–Kier alpha value is -3.55. The zero-order valence-corrected chi connectivity index (χ0v) is 39.5. The second kappa shape index (κ2) is 26.4. The number of likely N-dealkylation sites (tertiary alicyclic amines) is 2. The van der Waals surface area contributed by atoms with E-state index >= 15 is 0 Å². The van der Waals surface area contributed by atoms with Crippen molar-refractivity contribution in [3.8, 4) is 0 Å². The third-order valence-corrected chi connectivity index (χ3v) is 13.3. The number of carbonyl (C=O) groups is 3. The number of nitrogens with two attached hydrogens (primary N) is 1. The second-order valence-electron chi connectivity index (χ2n) is 19.6. The fourth-order valence-corrected chi connectivity index (χ4v) is 9.93. The molecular formula is C51H82N6O6. The van der Waals surface area contributed by atoms with Crippen LogP contribution in [-0.4, -0.2) is 111 Å². The second-order valence-corrected chi connectivity index (χ2v) is 19.6. The standard InChI is InChI=1S/C28H45N3O4.C23H37N3O2/c1-5-34-20-22-9-8-16-31(18-22)19-24-10-6-7-11-25(24)30-26(32)23-14-12-21(13-15-23)17-29-27(33)35-28(2,3)4;1-2-28-17-19-6-5-13-26(15-19)16-21-7-3-4-8-22(21)25-23(27)20-11-9-18(14-24)10-12-20/h12-15,22,24-25H,5-11,16-20H2,1-4H3,(H,29,33)(H,30,32);9-12,19,21-22H,2-8,13-17,24H2,1H3,(H,25,27)/t22?,24-,25+;19?,21-,22+/m00/s1. The summed E-state index contributed by atoms with van der Waals surface area (Å²) in [4.78, 5) is 42.8. The Balaban J connectivity index is 0.000000243. The van der Waals surface area contributed by atoms with Crippen LogP contribution in [0.2, 0.25) is 0 Å². The number of hydrogen-bond donors (Lipinski definition) is 4. The van der Waals surface area contributed by atoms with Crippen molar-refractivity contribution in [2.45, 2.75) is 142 Å². The first kappa shape index (κ1) is 50.4. The predicted octanol–water partition coefficient (Wildman–Crippen LogP) is 7.93. The van der Waals surface area contributed by atoms with Crippen LogP contribution >= 0.6 is 0 Å². The molecule has 2 aliphatic heterocycles. The molecule has 6 rings (SSSR count). The fourth-order valence-electron chi connectivity index (χ4n) is 9.93. The lowest BCUT2D eigenvalue weighted by Gasteiger charge is -2.39. The zero-order valence-electron chi connectivity index (χ0n) is 39.5. The highest BCUT2D eigenvalue weighted by molar-refractivity contribution is 5.95. The number of carbonyl (C=O) groups excluding carboxylic acids is 3. The van der Waals surface area contributed by atoms with Crippen LogP contribution in [0.3, 0.4) is 0 Å². The van der Waals surface area contributed by atoms with Gasteiger partial charge in [-0.3, -0.25) is 9.59 Å². The molecule has 0 radical (unpaired) electrons. The lowest BCUT2D eigenvalue weighted by Crippen LogP contribution is -2.48. The van der Waals surface area contributed by atoms with E-state index < -0.39 is 11.7 Å². The molecule has 2 aromatic carbocycles. The molecule has 2 saturated carbocycles. The smallest absolute Gasteiger partial charge is 0.407 e. The van der Waals surface area contributed by atoms with Crippen LogP contribution in [-0.2, 0) is 27.3 Å². The number of amides is 3. The van der Waals surface area contributed by atoms with Crippen LogP contribution in [0.25, 0.3) is 0 Å². The van der Waals surface area contributed by atoms with Crippen LogP contribution in [0, 0.1) is 23.7 Å². The van der Waals surface area contributed by atoms with Gasteiger partial charge in [0, 0.05) is 75.7 Å². The summed E-state index contributed by atoms with van der Waals surface area (Å²) in [5.74, 6) is 2.37. The molecule has 2 aromatic rings. The van der Waals surface area contributed by atoms with Crippen molar-refractivity contribution in [2.24, 2.45) is 29.4 Å². The number of rotatable bonds is 17. The molecule has 2 unspecified atom stereocenters. The molecule has 352 valence electrons. The van der Waals surface area contributed by atoms with Gasteiger partial charge in [-0.1, -0.05) is 49.9 Å². The highest BCUT2D eigenvalue weighted by Gasteiger charge is 2.32. The molecule has 2 heterocycles. The van der Waals surface area contributed by atoms with Gasteiger partial charge in [-0.25, -0.2) is 4.79 Å². The Morgan fingerprint density at radius 3 is 1.51 bits per heavy atom. The SMILES string of the molecule is CCOCC1CCCN(C[C@@H]2CCCC[C@H]2NC(=O)c2ccc(CN)cc2)C1.CCOCC1CCCN(C[C@@H]2CCCC[C@H]2NC(=O)c2ccc(CNC(=O)OC(C)(C)C)cc2)C1. The van der Waals surface area contributed by atoms with Gasteiger partial charge in [0.05, 0.1) is 13.2 Å². The molecule has 0 spiro atoms. The van der Waals surface area contributed by atoms with Crippen molar-refractivity contribution in [3.05, 3.63) is 70.8 Å². The maximum atomic E-state index is 13.0. The van der Waals surface area contributed by atoms with Crippen LogP contribution in [0.1, 0.15) is 144 Å². The van der Waals surface area contributed by atoms with E-state index in [-0.39, 0.29) is 23.9 Å². The molecule has 4 fully saturated rings. The minimum absolute atomic E-state index is 0.0126. The summed E-state index contributed by atoms with van der Waals surface area (Å²) in [5, 5.41) is 9.43. The summed E-state index contributed by atoms with van der Waals surface area (Å²) in [6.07, 6.45) is 14.0. The van der Waals surface area contributed by atoms with E-state index in [0.717, 1.165) is 88.7 Å². The largest absolute Gasteiger partial charge is 0.444 e.